The third kappa shape index (κ3) is 2.87. The van der Waals surface area contributed by atoms with Crippen LogP contribution in [0.1, 0.15) is 98.8 Å². The highest BCUT2D eigenvalue weighted by Gasteiger charge is 2.73. The van der Waals surface area contributed by atoms with Crippen LogP contribution in [0, 0.1) is 40.4 Å². The summed E-state index contributed by atoms with van der Waals surface area (Å²) in [5, 5.41) is 10.3. The van der Waals surface area contributed by atoms with Crippen molar-refractivity contribution in [3.63, 3.8) is 0 Å². The van der Waals surface area contributed by atoms with Gasteiger partial charge in [-0.25, -0.2) is 0 Å². The van der Waals surface area contributed by atoms with Crippen LogP contribution in [0.15, 0.2) is 11.6 Å². The first-order chi connectivity index (χ1) is 13.7. The lowest BCUT2D eigenvalue weighted by Gasteiger charge is -2.56. The van der Waals surface area contributed by atoms with Gasteiger partial charge in [0, 0.05) is 11.8 Å². The van der Waals surface area contributed by atoms with Crippen molar-refractivity contribution < 1.29 is 9.84 Å². The summed E-state index contributed by atoms with van der Waals surface area (Å²) in [6.45, 7) is 12.4. The zero-order valence-corrected chi connectivity index (χ0v) is 19.5. The number of allylic oxidation sites excluding steroid dienone is 1. The summed E-state index contributed by atoms with van der Waals surface area (Å²) in [7, 11) is 0. The van der Waals surface area contributed by atoms with E-state index in [1.807, 2.05) is 0 Å². The van der Waals surface area contributed by atoms with Crippen LogP contribution in [0.3, 0.4) is 0 Å². The lowest BCUT2D eigenvalue weighted by molar-refractivity contribution is -0.0537. The topological polar surface area (TPSA) is 32.8 Å². The molecule has 9 atom stereocenters. The molecule has 4 aliphatic carbocycles. The van der Waals surface area contributed by atoms with Gasteiger partial charge in [0.05, 0.1) is 6.10 Å². The maximum Gasteiger partial charge on any atom is 0.107 e. The minimum absolute atomic E-state index is 0.0330. The van der Waals surface area contributed by atoms with Gasteiger partial charge in [-0.3, -0.25) is 0 Å². The Bertz CT molecular complexity index is 682. The molecule has 5 aliphatic rings. The molecule has 1 N–H and O–H groups in total. The highest BCUT2D eigenvalue weighted by atomic mass is 16.6. The summed E-state index contributed by atoms with van der Waals surface area (Å²) in [5.74, 6) is 4.08. The number of fused-ring (bicyclic) bond motifs is 4. The Balaban J connectivity index is 1.37. The molecule has 0 bridgehead atoms. The van der Waals surface area contributed by atoms with Crippen molar-refractivity contribution in [1.82, 2.24) is 0 Å². The van der Waals surface area contributed by atoms with Crippen molar-refractivity contribution >= 4 is 0 Å². The fourth-order valence-corrected chi connectivity index (χ4v) is 8.93. The molecule has 5 rings (SSSR count). The van der Waals surface area contributed by atoms with E-state index in [1.165, 1.54) is 44.9 Å². The fraction of sp³-hybridized carbons (Fsp3) is 0.926. The first-order valence-corrected chi connectivity index (χ1v) is 12.8. The molecule has 0 aromatic carbocycles. The number of ether oxygens (including phenoxy) is 1. The van der Waals surface area contributed by atoms with Crippen LogP contribution >= 0.6 is 0 Å². The van der Waals surface area contributed by atoms with Gasteiger partial charge in [0.2, 0.25) is 0 Å². The third-order valence-electron chi connectivity index (χ3n) is 10.7. The molecule has 164 valence electrons. The molecular formula is C27H44O2. The van der Waals surface area contributed by atoms with Crippen LogP contribution in [0.25, 0.3) is 0 Å². The summed E-state index contributed by atoms with van der Waals surface area (Å²) in [5.41, 5.74) is 2.50. The van der Waals surface area contributed by atoms with Gasteiger partial charge in [-0.2, -0.15) is 0 Å². The summed E-state index contributed by atoms with van der Waals surface area (Å²) in [4.78, 5) is 0. The highest BCUT2D eigenvalue weighted by molar-refractivity contribution is 5.38. The second-order valence-corrected chi connectivity index (χ2v) is 12.5. The van der Waals surface area contributed by atoms with Gasteiger partial charge >= 0.3 is 0 Å². The average Bonchev–Trinajstić information content (AvgIpc) is 3.22. The molecule has 1 spiro atoms. The molecule has 0 amide bonds. The third-order valence-corrected chi connectivity index (χ3v) is 10.7. The monoisotopic (exact) mass is 400 g/mol. The van der Waals surface area contributed by atoms with E-state index in [2.05, 4.69) is 40.7 Å². The SMILES string of the molecule is CC(C)CCCC(C)C1CCC2C3=CC4OC45CC(O)CCC5(C)C3CCC21C. The summed E-state index contributed by atoms with van der Waals surface area (Å²) < 4.78 is 6.43. The molecule has 0 aromatic rings. The Morgan fingerprint density at radius 3 is 2.59 bits per heavy atom. The van der Waals surface area contributed by atoms with Crippen LogP contribution in [0.5, 0.6) is 0 Å². The molecule has 1 saturated heterocycles. The largest absolute Gasteiger partial charge is 0.393 e. The van der Waals surface area contributed by atoms with Gasteiger partial charge < -0.3 is 9.84 Å². The van der Waals surface area contributed by atoms with E-state index < -0.39 is 0 Å². The second kappa shape index (κ2) is 6.83. The second-order valence-electron chi connectivity index (χ2n) is 12.5. The van der Waals surface area contributed by atoms with E-state index in [-0.39, 0.29) is 17.1 Å². The van der Waals surface area contributed by atoms with Crippen molar-refractivity contribution in [2.24, 2.45) is 40.4 Å². The van der Waals surface area contributed by atoms with Crippen molar-refractivity contribution in [2.45, 2.75) is 117 Å². The Kier molecular flexibility index (Phi) is 4.84. The predicted molar refractivity (Wildman–Crippen MR) is 119 cm³/mol. The molecule has 1 heterocycles. The minimum Gasteiger partial charge on any atom is -0.393 e. The number of hydrogen-bond acceptors (Lipinski definition) is 2. The molecule has 9 unspecified atom stereocenters. The zero-order valence-electron chi connectivity index (χ0n) is 19.5. The number of aliphatic hydroxyl groups excluding tert-OH is 1. The summed E-state index contributed by atoms with van der Waals surface area (Å²) >= 11 is 0. The Morgan fingerprint density at radius 1 is 1.03 bits per heavy atom. The van der Waals surface area contributed by atoms with Gasteiger partial charge in [-0.1, -0.05) is 65.5 Å². The summed E-state index contributed by atoms with van der Waals surface area (Å²) in [6.07, 6.45) is 15.5. The Morgan fingerprint density at radius 2 is 1.83 bits per heavy atom. The van der Waals surface area contributed by atoms with Gasteiger partial charge in [0.15, 0.2) is 0 Å². The fourth-order valence-electron chi connectivity index (χ4n) is 8.93. The molecule has 29 heavy (non-hydrogen) atoms. The smallest absolute Gasteiger partial charge is 0.107 e. The lowest BCUT2D eigenvalue weighted by Crippen LogP contribution is -2.55. The van der Waals surface area contributed by atoms with Crippen LogP contribution in [-0.2, 0) is 4.74 Å². The van der Waals surface area contributed by atoms with Gasteiger partial charge in [-0.05, 0) is 73.5 Å². The molecule has 0 aromatic heterocycles. The normalized spacial score (nSPS) is 51.6. The first-order valence-electron chi connectivity index (χ1n) is 12.8. The maximum atomic E-state index is 10.3. The summed E-state index contributed by atoms with van der Waals surface area (Å²) in [6, 6.07) is 0. The first kappa shape index (κ1) is 20.6. The highest BCUT2D eigenvalue weighted by Crippen LogP contribution is 2.72. The van der Waals surface area contributed by atoms with E-state index in [0.717, 1.165) is 42.9 Å². The number of rotatable bonds is 5. The van der Waals surface area contributed by atoms with Crippen LogP contribution in [-0.4, -0.2) is 22.9 Å². The van der Waals surface area contributed by atoms with Gasteiger partial charge in [-0.15, -0.1) is 0 Å². The van der Waals surface area contributed by atoms with E-state index in [0.29, 0.717) is 17.4 Å². The quantitative estimate of drug-likeness (QED) is 0.421. The van der Waals surface area contributed by atoms with E-state index in [1.54, 1.807) is 5.57 Å². The number of aliphatic hydroxyl groups is 1. The van der Waals surface area contributed by atoms with Gasteiger partial charge in [0.25, 0.3) is 0 Å². The van der Waals surface area contributed by atoms with E-state index in [9.17, 15) is 5.11 Å². The Hall–Kier alpha value is -0.340. The standard InChI is InChI=1S/C27H44O2/c1-17(2)7-6-8-18(3)21-9-10-22-20-15-24-27(29-24)16-19(28)11-14-26(27,5)23(20)12-13-25(21,22)4/h15,17-19,21-24,28H,6-14,16H2,1-5H3. The number of epoxide rings is 1. The molecule has 3 saturated carbocycles. The molecule has 2 nitrogen and oxygen atoms in total. The lowest BCUT2D eigenvalue weighted by atomic mass is 9.47. The number of hydrogen-bond donors (Lipinski definition) is 1. The van der Waals surface area contributed by atoms with Crippen LogP contribution in [0.2, 0.25) is 0 Å². The predicted octanol–water partition coefficient (Wildman–Crippen LogP) is 6.52. The molecule has 0 radical (unpaired) electrons. The van der Waals surface area contributed by atoms with Crippen molar-refractivity contribution in [1.29, 1.82) is 0 Å². The minimum atomic E-state index is -0.153. The molecular weight excluding hydrogens is 356 g/mol. The van der Waals surface area contributed by atoms with E-state index in [4.69, 9.17) is 4.74 Å². The van der Waals surface area contributed by atoms with E-state index >= 15 is 0 Å². The Labute approximate surface area is 178 Å². The average molecular weight is 401 g/mol. The maximum absolute atomic E-state index is 10.3. The van der Waals surface area contributed by atoms with Gasteiger partial charge in [0.1, 0.15) is 11.7 Å². The molecule has 4 fully saturated rings. The van der Waals surface area contributed by atoms with Crippen molar-refractivity contribution in [2.75, 3.05) is 0 Å². The van der Waals surface area contributed by atoms with Crippen LogP contribution < -0.4 is 0 Å². The van der Waals surface area contributed by atoms with Crippen LogP contribution in [0.4, 0.5) is 0 Å². The van der Waals surface area contributed by atoms with Crippen molar-refractivity contribution in [3.05, 3.63) is 11.6 Å². The molecule has 2 heteroatoms. The zero-order chi connectivity index (χ0) is 20.6. The van der Waals surface area contributed by atoms with Crippen molar-refractivity contribution in [3.8, 4) is 0 Å². The molecule has 1 aliphatic heterocycles.